The fourth-order valence-corrected chi connectivity index (χ4v) is 2.70. The predicted molar refractivity (Wildman–Crippen MR) is 72.0 cm³/mol. The summed E-state index contributed by atoms with van der Waals surface area (Å²) in [6.45, 7) is 5.08. The molecule has 1 amide bonds. The Morgan fingerprint density at radius 3 is 2.94 bits per heavy atom. The second-order valence-corrected chi connectivity index (χ2v) is 5.43. The van der Waals surface area contributed by atoms with Gasteiger partial charge < -0.3 is 20.7 Å². The van der Waals surface area contributed by atoms with Gasteiger partial charge in [-0.3, -0.25) is 4.79 Å². The number of morpholine rings is 1. The second-order valence-electron chi connectivity index (χ2n) is 4.43. The van der Waals surface area contributed by atoms with Crippen molar-refractivity contribution in [1.29, 1.82) is 0 Å². The smallest absolute Gasteiger partial charge is 0.268 e. The first-order valence-electron chi connectivity index (χ1n) is 5.89. The molecule has 1 aromatic heterocycles. The molecule has 0 radical (unpaired) electrons. The first-order chi connectivity index (χ1) is 8.52. The molecule has 1 aromatic rings. The molecular formula is C11H18N4O2S. The Morgan fingerprint density at radius 1 is 1.61 bits per heavy atom. The minimum absolute atomic E-state index is 0.0584. The topological polar surface area (TPSA) is 80.5 Å². The maximum Gasteiger partial charge on any atom is 0.268 e. The van der Waals surface area contributed by atoms with Crippen LogP contribution in [0, 0.1) is 0 Å². The van der Waals surface area contributed by atoms with E-state index in [1.807, 2.05) is 13.8 Å². The van der Waals surface area contributed by atoms with Crippen LogP contribution in [-0.2, 0) is 4.74 Å². The number of ether oxygens (including phenoxy) is 1. The Bertz CT molecular complexity index is 448. The molecule has 1 fully saturated rings. The highest BCUT2D eigenvalue weighted by atomic mass is 32.1. The molecule has 2 heterocycles. The van der Waals surface area contributed by atoms with E-state index in [1.165, 1.54) is 11.3 Å². The van der Waals surface area contributed by atoms with E-state index in [1.54, 1.807) is 11.9 Å². The van der Waals surface area contributed by atoms with Crippen LogP contribution >= 0.6 is 11.3 Å². The lowest BCUT2D eigenvalue weighted by molar-refractivity contribution is -0.0385. The van der Waals surface area contributed by atoms with Crippen LogP contribution in [0.5, 0.6) is 0 Å². The van der Waals surface area contributed by atoms with Gasteiger partial charge in [0, 0.05) is 13.6 Å². The van der Waals surface area contributed by atoms with Crippen molar-refractivity contribution in [3.8, 4) is 0 Å². The van der Waals surface area contributed by atoms with Crippen molar-refractivity contribution in [2.24, 2.45) is 0 Å². The average Bonchev–Trinajstić information content (AvgIpc) is 2.73. The SMILES string of the molecule is CNc1nc(N)c(C(=O)N2CC(C)OCC2C)s1. The summed E-state index contributed by atoms with van der Waals surface area (Å²) in [7, 11) is 1.76. The van der Waals surface area contributed by atoms with Gasteiger partial charge in [-0.1, -0.05) is 11.3 Å². The molecule has 0 bridgehead atoms. The van der Waals surface area contributed by atoms with Gasteiger partial charge >= 0.3 is 0 Å². The molecule has 7 heteroatoms. The summed E-state index contributed by atoms with van der Waals surface area (Å²) >= 11 is 1.29. The van der Waals surface area contributed by atoms with Crippen LogP contribution in [0.25, 0.3) is 0 Å². The molecule has 1 aliphatic rings. The number of carbonyl (C=O) groups is 1. The Hall–Kier alpha value is -1.34. The third kappa shape index (κ3) is 2.41. The number of carbonyl (C=O) groups excluding carboxylic acids is 1. The Kier molecular flexibility index (Phi) is 3.72. The van der Waals surface area contributed by atoms with Crippen LogP contribution in [-0.4, -0.2) is 48.1 Å². The van der Waals surface area contributed by atoms with Gasteiger partial charge in [-0.05, 0) is 13.8 Å². The summed E-state index contributed by atoms with van der Waals surface area (Å²) in [5.74, 6) is 0.231. The lowest BCUT2D eigenvalue weighted by atomic mass is 10.2. The van der Waals surface area contributed by atoms with Crippen molar-refractivity contribution in [3.05, 3.63) is 4.88 Å². The van der Waals surface area contributed by atoms with Gasteiger partial charge in [-0.15, -0.1) is 0 Å². The molecule has 3 N–H and O–H groups in total. The van der Waals surface area contributed by atoms with Crippen LogP contribution in [0.15, 0.2) is 0 Å². The lowest BCUT2D eigenvalue weighted by Crippen LogP contribution is -2.50. The summed E-state index contributed by atoms with van der Waals surface area (Å²) in [6.07, 6.45) is 0.0584. The molecule has 100 valence electrons. The molecule has 0 spiro atoms. The molecule has 2 unspecified atom stereocenters. The van der Waals surface area contributed by atoms with Crippen molar-refractivity contribution in [2.75, 3.05) is 31.2 Å². The number of nitrogens with zero attached hydrogens (tertiary/aromatic N) is 2. The van der Waals surface area contributed by atoms with Gasteiger partial charge in [0.15, 0.2) is 5.13 Å². The van der Waals surface area contributed by atoms with Crippen molar-refractivity contribution >= 4 is 28.2 Å². The van der Waals surface area contributed by atoms with Gasteiger partial charge in [0.2, 0.25) is 0 Å². The zero-order chi connectivity index (χ0) is 13.3. The zero-order valence-corrected chi connectivity index (χ0v) is 11.6. The largest absolute Gasteiger partial charge is 0.382 e. The fourth-order valence-electron chi connectivity index (χ4n) is 1.91. The summed E-state index contributed by atoms with van der Waals surface area (Å²) in [5, 5.41) is 3.56. The first kappa shape index (κ1) is 13.1. The fraction of sp³-hybridized carbons (Fsp3) is 0.636. The summed E-state index contributed by atoms with van der Waals surface area (Å²) in [6, 6.07) is 0.0632. The van der Waals surface area contributed by atoms with Crippen LogP contribution in [0.4, 0.5) is 10.9 Å². The number of aromatic nitrogens is 1. The molecule has 6 nitrogen and oxygen atoms in total. The van der Waals surface area contributed by atoms with Crippen LogP contribution in [0.3, 0.4) is 0 Å². The van der Waals surface area contributed by atoms with Gasteiger partial charge in [-0.2, -0.15) is 0 Å². The van der Waals surface area contributed by atoms with E-state index in [2.05, 4.69) is 10.3 Å². The molecular weight excluding hydrogens is 252 g/mol. The highest BCUT2D eigenvalue weighted by molar-refractivity contribution is 7.18. The molecule has 1 saturated heterocycles. The predicted octanol–water partition coefficient (Wildman–Crippen LogP) is 1.02. The number of thiazole rings is 1. The molecule has 1 aliphatic heterocycles. The Labute approximate surface area is 110 Å². The van der Waals surface area contributed by atoms with E-state index in [0.29, 0.717) is 29.0 Å². The lowest BCUT2D eigenvalue weighted by Gasteiger charge is -2.36. The number of rotatable bonds is 2. The third-order valence-corrected chi connectivity index (χ3v) is 4.01. The molecule has 0 saturated carbocycles. The van der Waals surface area contributed by atoms with Crippen LogP contribution < -0.4 is 11.1 Å². The normalized spacial score (nSPS) is 24.1. The number of nitrogens with one attached hydrogen (secondary N) is 1. The summed E-state index contributed by atoms with van der Waals surface area (Å²) < 4.78 is 5.51. The van der Waals surface area contributed by atoms with Gasteiger partial charge in [0.05, 0.1) is 18.8 Å². The highest BCUT2D eigenvalue weighted by Gasteiger charge is 2.30. The van der Waals surface area contributed by atoms with Gasteiger partial charge in [0.25, 0.3) is 5.91 Å². The van der Waals surface area contributed by atoms with Crippen molar-refractivity contribution in [1.82, 2.24) is 9.88 Å². The van der Waals surface area contributed by atoms with Crippen molar-refractivity contribution in [2.45, 2.75) is 26.0 Å². The Morgan fingerprint density at radius 2 is 2.33 bits per heavy atom. The van der Waals surface area contributed by atoms with Gasteiger partial charge in [-0.25, -0.2) is 4.98 Å². The monoisotopic (exact) mass is 270 g/mol. The third-order valence-electron chi connectivity index (χ3n) is 2.93. The van der Waals surface area contributed by atoms with E-state index in [-0.39, 0.29) is 18.1 Å². The number of anilines is 2. The van der Waals surface area contributed by atoms with E-state index in [0.717, 1.165) is 0 Å². The number of nitrogens with two attached hydrogens (primary N) is 1. The van der Waals surface area contributed by atoms with E-state index in [9.17, 15) is 4.79 Å². The highest BCUT2D eigenvalue weighted by Crippen LogP contribution is 2.27. The molecule has 2 atom stereocenters. The van der Waals surface area contributed by atoms with E-state index < -0.39 is 0 Å². The number of amides is 1. The maximum absolute atomic E-state index is 12.4. The minimum atomic E-state index is -0.0610. The number of hydrogen-bond acceptors (Lipinski definition) is 6. The standard InChI is InChI=1S/C11H18N4O2S/c1-6-5-17-7(2)4-15(6)10(16)8-9(12)14-11(13-3)18-8/h6-7H,4-5,12H2,1-3H3,(H,13,14). The van der Waals surface area contributed by atoms with Crippen molar-refractivity contribution < 1.29 is 9.53 Å². The Balaban J connectivity index is 2.21. The molecule has 18 heavy (non-hydrogen) atoms. The number of nitrogen functional groups attached to an aromatic ring is 1. The van der Waals surface area contributed by atoms with Crippen LogP contribution in [0.2, 0.25) is 0 Å². The maximum atomic E-state index is 12.4. The molecule has 2 rings (SSSR count). The quantitative estimate of drug-likeness (QED) is 0.838. The van der Waals surface area contributed by atoms with Crippen molar-refractivity contribution in [3.63, 3.8) is 0 Å². The van der Waals surface area contributed by atoms with E-state index in [4.69, 9.17) is 10.5 Å². The molecule has 0 aromatic carbocycles. The first-order valence-corrected chi connectivity index (χ1v) is 6.71. The summed E-state index contributed by atoms with van der Waals surface area (Å²) in [4.78, 5) is 18.8. The number of hydrogen-bond donors (Lipinski definition) is 2. The van der Waals surface area contributed by atoms with E-state index >= 15 is 0 Å². The van der Waals surface area contributed by atoms with Crippen LogP contribution in [0.1, 0.15) is 23.5 Å². The second kappa shape index (κ2) is 5.11. The summed E-state index contributed by atoms with van der Waals surface area (Å²) in [5.41, 5.74) is 5.79. The zero-order valence-electron chi connectivity index (χ0n) is 10.8. The average molecular weight is 270 g/mol. The van der Waals surface area contributed by atoms with Gasteiger partial charge in [0.1, 0.15) is 10.7 Å². The minimum Gasteiger partial charge on any atom is -0.382 e. The molecule has 0 aliphatic carbocycles.